The Bertz CT molecular complexity index is 735. The Morgan fingerprint density at radius 2 is 1.91 bits per heavy atom. The summed E-state index contributed by atoms with van der Waals surface area (Å²) in [4.78, 5) is 23.4. The Morgan fingerprint density at radius 3 is 2.65 bits per heavy atom. The average molecular weight is 309 g/mol. The molecule has 1 N–H and O–H groups in total. The summed E-state index contributed by atoms with van der Waals surface area (Å²) >= 11 is 0. The van der Waals surface area contributed by atoms with Crippen LogP contribution in [0.2, 0.25) is 0 Å². The minimum atomic E-state index is -0.267. The Hall–Kier alpha value is -2.88. The van der Waals surface area contributed by atoms with Crippen molar-refractivity contribution in [2.24, 2.45) is 0 Å². The predicted octanol–water partition coefficient (Wildman–Crippen LogP) is 3.94. The minimum absolute atomic E-state index is 0.0396. The van der Waals surface area contributed by atoms with Crippen molar-refractivity contribution in [1.82, 2.24) is 0 Å². The molecule has 118 valence electrons. The quantitative estimate of drug-likeness (QED) is 0.649. The third-order valence-electron chi connectivity index (χ3n) is 3.17. The number of ketones is 1. The van der Waals surface area contributed by atoms with E-state index < -0.39 is 0 Å². The summed E-state index contributed by atoms with van der Waals surface area (Å²) in [5, 5.41) is 2.74. The summed E-state index contributed by atoms with van der Waals surface area (Å²) in [7, 11) is 0. The number of carbonyl (C=O) groups excluding carboxylic acids is 2. The van der Waals surface area contributed by atoms with E-state index in [-0.39, 0.29) is 11.7 Å². The number of anilines is 1. The van der Waals surface area contributed by atoms with Gasteiger partial charge in [-0.3, -0.25) is 9.59 Å². The van der Waals surface area contributed by atoms with Gasteiger partial charge in [0.15, 0.2) is 5.78 Å². The normalized spacial score (nSPS) is 10.5. The van der Waals surface area contributed by atoms with Gasteiger partial charge in [-0.25, -0.2) is 0 Å². The van der Waals surface area contributed by atoms with Crippen molar-refractivity contribution in [1.29, 1.82) is 0 Å². The summed E-state index contributed by atoms with van der Waals surface area (Å²) < 4.78 is 5.51. The molecular weight excluding hydrogens is 290 g/mol. The molecule has 0 aromatic heterocycles. The summed E-state index contributed by atoms with van der Waals surface area (Å²) in [6, 6.07) is 14.4. The van der Waals surface area contributed by atoms with E-state index in [9.17, 15) is 9.59 Å². The first-order valence-corrected chi connectivity index (χ1v) is 7.42. The van der Waals surface area contributed by atoms with Crippen LogP contribution >= 0.6 is 0 Å². The van der Waals surface area contributed by atoms with E-state index in [1.54, 1.807) is 30.3 Å². The molecule has 0 radical (unpaired) electrons. The fraction of sp³-hybridized carbons (Fsp3) is 0.158. The molecule has 0 heterocycles. The van der Waals surface area contributed by atoms with E-state index in [1.165, 1.54) is 13.0 Å². The molecule has 2 rings (SSSR count). The number of nitrogens with one attached hydrogen (secondary N) is 1. The smallest absolute Gasteiger partial charge is 0.248 e. The van der Waals surface area contributed by atoms with Crippen LogP contribution in [-0.4, -0.2) is 18.3 Å². The zero-order chi connectivity index (χ0) is 16.7. The molecule has 0 aliphatic rings. The molecule has 23 heavy (non-hydrogen) atoms. The zero-order valence-electron chi connectivity index (χ0n) is 13.2. The summed E-state index contributed by atoms with van der Waals surface area (Å²) in [5.74, 6) is 0.428. The number of Topliss-reactive ketones (excluding diaryl/α,β-unsaturated/α-hetero) is 1. The summed E-state index contributed by atoms with van der Waals surface area (Å²) in [6.45, 7) is 3.97. The van der Waals surface area contributed by atoms with Gasteiger partial charge in [-0.1, -0.05) is 30.3 Å². The average Bonchev–Trinajstić information content (AvgIpc) is 2.54. The lowest BCUT2D eigenvalue weighted by molar-refractivity contribution is -0.111. The third-order valence-corrected chi connectivity index (χ3v) is 3.17. The van der Waals surface area contributed by atoms with Gasteiger partial charge in [0.05, 0.1) is 6.61 Å². The number of benzene rings is 2. The van der Waals surface area contributed by atoms with Crippen molar-refractivity contribution in [3.8, 4) is 5.75 Å². The maximum Gasteiger partial charge on any atom is 0.248 e. The maximum atomic E-state index is 12.0. The molecule has 4 nitrogen and oxygen atoms in total. The molecule has 0 unspecified atom stereocenters. The molecule has 1 amide bonds. The van der Waals surface area contributed by atoms with Crippen LogP contribution in [0.15, 0.2) is 54.6 Å². The largest absolute Gasteiger partial charge is 0.493 e. The summed E-state index contributed by atoms with van der Waals surface area (Å²) in [6.07, 6.45) is 3.15. The van der Waals surface area contributed by atoms with Gasteiger partial charge in [0.2, 0.25) is 5.91 Å². The minimum Gasteiger partial charge on any atom is -0.493 e. The second kappa shape index (κ2) is 7.94. The van der Waals surface area contributed by atoms with Crippen LogP contribution < -0.4 is 10.1 Å². The van der Waals surface area contributed by atoms with Crippen molar-refractivity contribution >= 4 is 23.5 Å². The molecular formula is C19H19NO3. The van der Waals surface area contributed by atoms with E-state index in [1.807, 2.05) is 31.2 Å². The fourth-order valence-corrected chi connectivity index (χ4v) is 2.07. The standard InChI is InChI=1S/C19H19NO3/c1-3-23-18-10-5-4-7-15(18)11-12-19(22)20-17-9-6-8-16(13-17)14(2)21/h4-13H,3H2,1-2H3,(H,20,22)/b12-11+. The van der Waals surface area contributed by atoms with Crippen LogP contribution in [-0.2, 0) is 4.79 Å². The number of amides is 1. The van der Waals surface area contributed by atoms with Crippen molar-refractivity contribution in [2.75, 3.05) is 11.9 Å². The lowest BCUT2D eigenvalue weighted by Gasteiger charge is -2.06. The Morgan fingerprint density at radius 1 is 1.13 bits per heavy atom. The molecule has 0 saturated heterocycles. The highest BCUT2D eigenvalue weighted by Crippen LogP contribution is 2.19. The topological polar surface area (TPSA) is 55.4 Å². The first-order chi connectivity index (χ1) is 11.1. The highest BCUT2D eigenvalue weighted by molar-refractivity contribution is 6.03. The number of ether oxygens (including phenoxy) is 1. The van der Waals surface area contributed by atoms with Gasteiger partial charge in [-0.05, 0) is 38.1 Å². The molecule has 0 aliphatic carbocycles. The second-order valence-corrected chi connectivity index (χ2v) is 4.93. The molecule has 2 aromatic carbocycles. The van der Waals surface area contributed by atoms with Crippen LogP contribution in [0.1, 0.15) is 29.8 Å². The van der Waals surface area contributed by atoms with Gasteiger partial charge in [0.1, 0.15) is 5.75 Å². The number of rotatable bonds is 6. The van der Waals surface area contributed by atoms with Crippen molar-refractivity contribution in [3.63, 3.8) is 0 Å². The lowest BCUT2D eigenvalue weighted by atomic mass is 10.1. The van der Waals surface area contributed by atoms with Crippen LogP contribution in [0.5, 0.6) is 5.75 Å². The van der Waals surface area contributed by atoms with E-state index >= 15 is 0 Å². The van der Waals surface area contributed by atoms with Gasteiger partial charge in [0, 0.05) is 22.9 Å². The molecule has 0 aliphatic heterocycles. The SMILES string of the molecule is CCOc1ccccc1/C=C/C(=O)Nc1cccc(C(C)=O)c1. The first kappa shape index (κ1) is 16.5. The van der Waals surface area contributed by atoms with Gasteiger partial charge in [0.25, 0.3) is 0 Å². The fourth-order valence-electron chi connectivity index (χ4n) is 2.07. The Balaban J connectivity index is 2.08. The van der Waals surface area contributed by atoms with Gasteiger partial charge < -0.3 is 10.1 Å². The van der Waals surface area contributed by atoms with Gasteiger partial charge >= 0.3 is 0 Å². The Labute approximate surface area is 135 Å². The first-order valence-electron chi connectivity index (χ1n) is 7.42. The zero-order valence-corrected chi connectivity index (χ0v) is 13.2. The van der Waals surface area contributed by atoms with Crippen molar-refractivity contribution < 1.29 is 14.3 Å². The highest BCUT2D eigenvalue weighted by atomic mass is 16.5. The monoisotopic (exact) mass is 309 g/mol. The summed E-state index contributed by atoms with van der Waals surface area (Å²) in [5.41, 5.74) is 1.99. The van der Waals surface area contributed by atoms with E-state index in [2.05, 4.69) is 5.32 Å². The lowest BCUT2D eigenvalue weighted by Crippen LogP contribution is -2.08. The molecule has 2 aromatic rings. The van der Waals surface area contributed by atoms with Crippen molar-refractivity contribution in [2.45, 2.75) is 13.8 Å². The number of carbonyl (C=O) groups is 2. The van der Waals surface area contributed by atoms with Crippen LogP contribution in [0, 0.1) is 0 Å². The number of hydrogen-bond donors (Lipinski definition) is 1. The van der Waals surface area contributed by atoms with Crippen LogP contribution in [0.25, 0.3) is 6.08 Å². The van der Waals surface area contributed by atoms with Gasteiger partial charge in [-0.15, -0.1) is 0 Å². The van der Waals surface area contributed by atoms with Crippen LogP contribution in [0.3, 0.4) is 0 Å². The van der Waals surface area contributed by atoms with E-state index in [4.69, 9.17) is 4.74 Å². The highest BCUT2D eigenvalue weighted by Gasteiger charge is 2.03. The Kier molecular flexibility index (Phi) is 5.69. The number of hydrogen-bond acceptors (Lipinski definition) is 3. The van der Waals surface area contributed by atoms with Gasteiger partial charge in [-0.2, -0.15) is 0 Å². The third kappa shape index (κ3) is 4.81. The molecule has 0 atom stereocenters. The molecule has 0 saturated carbocycles. The molecule has 0 bridgehead atoms. The number of para-hydroxylation sites is 1. The molecule has 0 fully saturated rings. The maximum absolute atomic E-state index is 12.0. The molecule has 0 spiro atoms. The second-order valence-electron chi connectivity index (χ2n) is 4.93. The van der Waals surface area contributed by atoms with E-state index in [0.717, 1.165) is 11.3 Å². The van der Waals surface area contributed by atoms with E-state index in [0.29, 0.717) is 17.9 Å². The van der Waals surface area contributed by atoms with Crippen molar-refractivity contribution in [3.05, 3.63) is 65.7 Å². The predicted molar refractivity (Wildman–Crippen MR) is 91.7 cm³/mol. The molecule has 4 heteroatoms. The van der Waals surface area contributed by atoms with Crippen LogP contribution in [0.4, 0.5) is 5.69 Å².